The van der Waals surface area contributed by atoms with E-state index in [1.54, 1.807) is 6.07 Å². The summed E-state index contributed by atoms with van der Waals surface area (Å²) in [6.45, 7) is 2.56. The summed E-state index contributed by atoms with van der Waals surface area (Å²) in [6, 6.07) is 1.72. The molecule has 2 aromatic heterocycles. The fourth-order valence-electron chi connectivity index (χ4n) is 1.60. The van der Waals surface area contributed by atoms with Gasteiger partial charge in [-0.15, -0.1) is 11.3 Å². The van der Waals surface area contributed by atoms with Gasteiger partial charge in [-0.1, -0.05) is 6.92 Å². The number of aromatic nitrogens is 2. The minimum absolute atomic E-state index is 0.136. The molecule has 0 saturated carbocycles. The SMILES string of the molecule is CCNCc1sc(-c2ncc(Br)cc2Br)nc1C(F)(F)F. The van der Waals surface area contributed by atoms with Crippen LogP contribution in [0.3, 0.4) is 0 Å². The van der Waals surface area contributed by atoms with Gasteiger partial charge in [0.25, 0.3) is 0 Å². The van der Waals surface area contributed by atoms with E-state index in [1.807, 2.05) is 6.92 Å². The summed E-state index contributed by atoms with van der Waals surface area (Å²) in [5, 5.41) is 3.14. The first-order chi connectivity index (χ1) is 9.82. The molecule has 0 saturated heterocycles. The molecule has 9 heteroatoms. The van der Waals surface area contributed by atoms with Crippen LogP contribution >= 0.6 is 43.2 Å². The van der Waals surface area contributed by atoms with Crippen LogP contribution in [0.2, 0.25) is 0 Å². The number of alkyl halides is 3. The maximum Gasteiger partial charge on any atom is 0.434 e. The molecular weight excluding hydrogens is 435 g/mol. The van der Waals surface area contributed by atoms with Gasteiger partial charge in [-0.3, -0.25) is 4.98 Å². The summed E-state index contributed by atoms with van der Waals surface area (Å²) in [4.78, 5) is 8.04. The number of rotatable bonds is 4. The third-order valence-electron chi connectivity index (χ3n) is 2.51. The van der Waals surface area contributed by atoms with E-state index in [2.05, 4.69) is 47.1 Å². The lowest BCUT2D eigenvalue weighted by Gasteiger charge is -2.05. The van der Waals surface area contributed by atoms with Crippen molar-refractivity contribution in [2.75, 3.05) is 6.54 Å². The van der Waals surface area contributed by atoms with Gasteiger partial charge in [-0.05, 0) is 44.5 Å². The van der Waals surface area contributed by atoms with E-state index in [-0.39, 0.29) is 16.4 Å². The Morgan fingerprint density at radius 1 is 1.33 bits per heavy atom. The number of nitrogens with zero attached hydrogens (tertiary/aromatic N) is 2. The van der Waals surface area contributed by atoms with E-state index in [4.69, 9.17) is 0 Å². The highest BCUT2D eigenvalue weighted by Crippen LogP contribution is 2.39. The lowest BCUT2D eigenvalue weighted by Crippen LogP contribution is -2.15. The van der Waals surface area contributed by atoms with Crippen molar-refractivity contribution >= 4 is 43.2 Å². The van der Waals surface area contributed by atoms with Crippen LogP contribution in [-0.2, 0) is 12.7 Å². The van der Waals surface area contributed by atoms with Crippen molar-refractivity contribution in [3.05, 3.63) is 31.8 Å². The first kappa shape index (κ1) is 16.9. The maximum atomic E-state index is 13.0. The maximum absolute atomic E-state index is 13.0. The summed E-state index contributed by atoms with van der Waals surface area (Å²) in [7, 11) is 0. The summed E-state index contributed by atoms with van der Waals surface area (Å²) in [6.07, 6.45) is -2.94. The third kappa shape index (κ3) is 4.02. The Labute approximate surface area is 140 Å². The second kappa shape index (κ2) is 6.72. The molecule has 0 fully saturated rings. The minimum Gasteiger partial charge on any atom is -0.312 e. The second-order valence-corrected chi connectivity index (χ2v) is 6.91. The second-order valence-electron chi connectivity index (χ2n) is 4.05. The van der Waals surface area contributed by atoms with Crippen molar-refractivity contribution in [1.82, 2.24) is 15.3 Å². The summed E-state index contributed by atoms with van der Waals surface area (Å²) >= 11 is 7.55. The number of nitrogens with one attached hydrogen (secondary N) is 1. The number of halogens is 5. The van der Waals surface area contributed by atoms with Crippen molar-refractivity contribution in [3.63, 3.8) is 0 Å². The topological polar surface area (TPSA) is 37.8 Å². The number of hydrogen-bond donors (Lipinski definition) is 1. The van der Waals surface area contributed by atoms with Crippen LogP contribution in [0.25, 0.3) is 10.7 Å². The number of thiazole rings is 1. The zero-order valence-corrected chi connectivity index (χ0v) is 14.7. The summed E-state index contributed by atoms with van der Waals surface area (Å²) < 4.78 is 40.5. The van der Waals surface area contributed by atoms with Crippen LogP contribution in [0, 0.1) is 0 Å². The van der Waals surface area contributed by atoms with E-state index in [9.17, 15) is 13.2 Å². The van der Waals surface area contributed by atoms with Gasteiger partial charge >= 0.3 is 6.18 Å². The Morgan fingerprint density at radius 3 is 2.62 bits per heavy atom. The normalized spacial score (nSPS) is 11.9. The lowest BCUT2D eigenvalue weighted by molar-refractivity contribution is -0.141. The van der Waals surface area contributed by atoms with E-state index >= 15 is 0 Å². The molecule has 114 valence electrons. The smallest absolute Gasteiger partial charge is 0.312 e. The molecule has 21 heavy (non-hydrogen) atoms. The molecule has 0 aliphatic carbocycles. The largest absolute Gasteiger partial charge is 0.434 e. The fourth-order valence-corrected chi connectivity index (χ4v) is 3.97. The molecule has 0 aromatic carbocycles. The van der Waals surface area contributed by atoms with Gasteiger partial charge in [0.15, 0.2) is 5.69 Å². The van der Waals surface area contributed by atoms with E-state index in [0.29, 0.717) is 16.7 Å². The van der Waals surface area contributed by atoms with Gasteiger partial charge in [0.2, 0.25) is 0 Å². The van der Waals surface area contributed by atoms with Crippen molar-refractivity contribution in [2.45, 2.75) is 19.6 Å². The van der Waals surface area contributed by atoms with Crippen LogP contribution in [0.15, 0.2) is 21.2 Å². The quantitative estimate of drug-likeness (QED) is 0.731. The molecule has 2 rings (SSSR count). The standard InChI is InChI=1S/C12H10Br2F3N3S/c1-2-18-5-8-10(12(15,16)17)20-11(21-8)9-7(14)3-6(13)4-19-9/h3-4,18H,2,5H2,1H3. The highest BCUT2D eigenvalue weighted by molar-refractivity contribution is 9.11. The van der Waals surface area contributed by atoms with Crippen LogP contribution in [0.5, 0.6) is 0 Å². The molecule has 0 bridgehead atoms. The average Bonchev–Trinajstić information content (AvgIpc) is 2.80. The average molecular weight is 445 g/mol. The highest BCUT2D eigenvalue weighted by Gasteiger charge is 2.37. The molecule has 0 spiro atoms. The Hall–Kier alpha value is -0.510. The summed E-state index contributed by atoms with van der Waals surface area (Å²) in [5.74, 6) is 0. The molecule has 0 aliphatic heterocycles. The van der Waals surface area contributed by atoms with Crippen molar-refractivity contribution in [3.8, 4) is 10.7 Å². The van der Waals surface area contributed by atoms with Gasteiger partial charge in [-0.2, -0.15) is 13.2 Å². The molecule has 0 aliphatic rings. The van der Waals surface area contributed by atoms with E-state index in [1.165, 1.54) is 6.20 Å². The molecule has 1 N–H and O–H groups in total. The summed E-state index contributed by atoms with van der Waals surface area (Å²) in [5.41, 5.74) is -0.448. The van der Waals surface area contributed by atoms with Crippen LogP contribution in [0.1, 0.15) is 17.5 Å². The number of pyridine rings is 1. The Morgan fingerprint density at radius 2 is 2.05 bits per heavy atom. The molecule has 0 radical (unpaired) electrons. The molecule has 2 aromatic rings. The Kier molecular flexibility index (Phi) is 5.39. The molecule has 3 nitrogen and oxygen atoms in total. The lowest BCUT2D eigenvalue weighted by atomic mass is 10.3. The van der Waals surface area contributed by atoms with Gasteiger partial charge in [0, 0.05) is 21.7 Å². The Balaban J connectivity index is 2.47. The Bertz CT molecular complexity index is 643. The first-order valence-corrected chi connectivity index (χ1v) is 8.32. The molecule has 0 atom stereocenters. The van der Waals surface area contributed by atoms with Gasteiger partial charge in [-0.25, -0.2) is 4.98 Å². The molecular formula is C12H10Br2F3N3S. The fraction of sp³-hybridized carbons (Fsp3) is 0.333. The van der Waals surface area contributed by atoms with Crippen molar-refractivity contribution in [2.24, 2.45) is 0 Å². The van der Waals surface area contributed by atoms with Crippen LogP contribution < -0.4 is 5.32 Å². The van der Waals surface area contributed by atoms with Gasteiger partial charge < -0.3 is 5.32 Å². The van der Waals surface area contributed by atoms with Gasteiger partial charge in [0.1, 0.15) is 10.7 Å². The first-order valence-electron chi connectivity index (χ1n) is 5.92. The van der Waals surface area contributed by atoms with Crippen molar-refractivity contribution in [1.29, 1.82) is 0 Å². The molecule has 2 heterocycles. The molecule has 0 unspecified atom stereocenters. The third-order valence-corrected chi connectivity index (χ3v) is 4.61. The predicted molar refractivity (Wildman–Crippen MR) is 83.1 cm³/mol. The van der Waals surface area contributed by atoms with Crippen LogP contribution in [0.4, 0.5) is 13.2 Å². The van der Waals surface area contributed by atoms with Gasteiger partial charge in [0.05, 0.1) is 4.88 Å². The minimum atomic E-state index is -4.47. The number of hydrogen-bond acceptors (Lipinski definition) is 4. The zero-order chi connectivity index (χ0) is 15.6. The predicted octanol–water partition coefficient (Wildman–Crippen LogP) is 4.86. The monoisotopic (exact) mass is 443 g/mol. The molecule has 0 amide bonds. The highest BCUT2D eigenvalue weighted by atomic mass is 79.9. The zero-order valence-electron chi connectivity index (χ0n) is 10.8. The van der Waals surface area contributed by atoms with E-state index < -0.39 is 11.9 Å². The van der Waals surface area contributed by atoms with E-state index in [0.717, 1.165) is 15.8 Å². The van der Waals surface area contributed by atoms with Crippen LogP contribution in [-0.4, -0.2) is 16.5 Å². The van der Waals surface area contributed by atoms with Crippen molar-refractivity contribution < 1.29 is 13.2 Å².